The summed E-state index contributed by atoms with van der Waals surface area (Å²) in [5.74, 6) is -8.57. The second-order valence-corrected chi connectivity index (χ2v) is 15.3. The number of hydrogen-bond acceptors (Lipinski definition) is 5. The fourth-order valence-electron chi connectivity index (χ4n) is 5.86. The molecule has 0 aliphatic heterocycles. The van der Waals surface area contributed by atoms with Crippen LogP contribution in [-0.2, 0) is 27.0 Å². The fourth-order valence-corrected chi connectivity index (χ4v) is 7.11. The number of carbonyl (C=O) groups excluding carboxylic acids is 2. The zero-order valence-corrected chi connectivity index (χ0v) is 28.3. The van der Waals surface area contributed by atoms with Crippen LogP contribution < -0.4 is 21.9 Å². The molecule has 4 N–H and O–H groups in total. The van der Waals surface area contributed by atoms with E-state index in [9.17, 15) is 14.4 Å². The topological polar surface area (TPSA) is 115 Å². The predicted molar refractivity (Wildman–Crippen MR) is 177 cm³/mol. The van der Waals surface area contributed by atoms with E-state index in [2.05, 4.69) is 10.6 Å². The monoisotopic (exact) mass is 640 g/mol. The van der Waals surface area contributed by atoms with Crippen LogP contribution >= 0.6 is 0 Å². The van der Waals surface area contributed by atoms with Crippen LogP contribution in [0.5, 0.6) is 0 Å². The van der Waals surface area contributed by atoms with Gasteiger partial charge in [0.15, 0.2) is 9.04 Å². The fraction of sp³-hybridized carbons (Fsp3) is 0.441. The number of rotatable bonds is 13. The normalized spacial score (nSPS) is 14.2. The number of halogens is 2. The molecular formula is C34H46F2N4O4Si. The van der Waals surface area contributed by atoms with Crippen LogP contribution in [0, 0.1) is 17.3 Å². The first kappa shape index (κ1) is 35.6. The van der Waals surface area contributed by atoms with Gasteiger partial charge in [-0.15, -0.1) is 0 Å². The number of alkyl halides is 2. The van der Waals surface area contributed by atoms with E-state index in [1.54, 1.807) is 65.0 Å². The first-order valence-corrected chi connectivity index (χ1v) is 18.0. The molecule has 0 bridgehead atoms. The summed E-state index contributed by atoms with van der Waals surface area (Å²) in [6, 6.07) is 21.4. The highest BCUT2D eigenvalue weighted by Crippen LogP contribution is 2.49. The third-order valence-electron chi connectivity index (χ3n) is 7.70. The number of nitrogen functional groups attached to an aromatic ring is 1. The number of anilines is 1. The van der Waals surface area contributed by atoms with Crippen molar-refractivity contribution in [2.75, 3.05) is 12.3 Å². The Bertz CT molecular complexity index is 1510. The quantitative estimate of drug-likeness (QED) is 0.175. The Morgan fingerprint density at radius 1 is 0.956 bits per heavy atom. The van der Waals surface area contributed by atoms with Crippen LogP contribution in [0.4, 0.5) is 14.5 Å². The Morgan fingerprint density at radius 3 is 2.07 bits per heavy atom. The molecule has 0 aliphatic carbocycles. The zero-order valence-electron chi connectivity index (χ0n) is 27.2. The molecule has 0 spiro atoms. The Labute approximate surface area is 266 Å². The smallest absolute Gasteiger partial charge is 0.332 e. The molecule has 3 aromatic rings. The van der Waals surface area contributed by atoms with Crippen molar-refractivity contribution in [3.05, 3.63) is 88.7 Å². The average molecular weight is 641 g/mol. The second-order valence-electron chi connectivity index (χ2n) is 13.0. The number of nitrogens with two attached hydrogens (primary N) is 1. The molecule has 0 fully saturated rings. The van der Waals surface area contributed by atoms with Crippen LogP contribution in [0.25, 0.3) is 11.3 Å². The number of nitrogens with one attached hydrogen (secondary N) is 2. The van der Waals surface area contributed by atoms with E-state index in [-0.39, 0.29) is 12.2 Å². The van der Waals surface area contributed by atoms with E-state index >= 15 is 8.78 Å². The summed E-state index contributed by atoms with van der Waals surface area (Å²) in [5.41, 5.74) is 4.13. The van der Waals surface area contributed by atoms with Crippen molar-refractivity contribution in [2.24, 2.45) is 17.3 Å². The van der Waals surface area contributed by atoms with Crippen molar-refractivity contribution in [2.45, 2.75) is 72.3 Å². The van der Waals surface area contributed by atoms with Crippen LogP contribution in [-0.4, -0.2) is 43.6 Å². The van der Waals surface area contributed by atoms with Gasteiger partial charge in [0.2, 0.25) is 5.91 Å². The van der Waals surface area contributed by atoms with E-state index < -0.39 is 61.9 Å². The predicted octanol–water partition coefficient (Wildman–Crippen LogP) is 5.22. The van der Waals surface area contributed by atoms with Gasteiger partial charge in [-0.1, -0.05) is 95.3 Å². The summed E-state index contributed by atoms with van der Waals surface area (Å²) in [5, 5.41) is 5.21. The highest BCUT2D eigenvalue weighted by atomic mass is 28.3. The highest BCUT2D eigenvalue weighted by molar-refractivity contribution is 6.48. The minimum absolute atomic E-state index is 0.0106. The molecular weight excluding hydrogens is 594 g/mol. The van der Waals surface area contributed by atoms with Gasteiger partial charge in [0.25, 0.3) is 11.5 Å². The van der Waals surface area contributed by atoms with Gasteiger partial charge in [-0.2, -0.15) is 8.78 Å². The molecule has 244 valence electrons. The van der Waals surface area contributed by atoms with Gasteiger partial charge < -0.3 is 20.8 Å². The first-order valence-electron chi connectivity index (χ1n) is 15.2. The zero-order chi connectivity index (χ0) is 33.6. The summed E-state index contributed by atoms with van der Waals surface area (Å²) >= 11 is 0. The Morgan fingerprint density at radius 2 is 1.53 bits per heavy atom. The molecule has 45 heavy (non-hydrogen) atoms. The Balaban J connectivity index is 2.03. The van der Waals surface area contributed by atoms with Crippen molar-refractivity contribution in [3.8, 4) is 11.3 Å². The van der Waals surface area contributed by atoms with Gasteiger partial charge in [-0.3, -0.25) is 19.0 Å². The minimum atomic E-state index is -3.95. The largest absolute Gasteiger partial charge is 0.398 e. The summed E-state index contributed by atoms with van der Waals surface area (Å²) < 4.78 is 40.8. The molecule has 2 aromatic carbocycles. The van der Waals surface area contributed by atoms with Gasteiger partial charge in [0, 0.05) is 12.5 Å². The molecule has 0 radical (unpaired) electrons. The average Bonchev–Trinajstić information content (AvgIpc) is 2.95. The third kappa shape index (κ3) is 8.46. The van der Waals surface area contributed by atoms with Crippen molar-refractivity contribution in [3.63, 3.8) is 0 Å². The molecule has 2 unspecified atom stereocenters. The van der Waals surface area contributed by atoms with Crippen molar-refractivity contribution in [1.82, 2.24) is 15.2 Å². The van der Waals surface area contributed by atoms with E-state index in [1.165, 1.54) is 10.6 Å². The van der Waals surface area contributed by atoms with Crippen molar-refractivity contribution < 1.29 is 22.8 Å². The number of hydrogen-bond donors (Lipinski definition) is 3. The van der Waals surface area contributed by atoms with E-state index in [4.69, 9.17) is 10.2 Å². The molecule has 2 atom stereocenters. The van der Waals surface area contributed by atoms with Crippen LogP contribution in [0.1, 0.15) is 40.2 Å². The SMILES string of the molecule is CC(C)C(NC(=O)Cn1c(-c2ccccc2)ccc(N)c1=O)(O[SiH](C)C)C(C(C)(C)C)C(F)(F)C(=O)NCCc1ccccc1. The van der Waals surface area contributed by atoms with Crippen LogP contribution in [0.3, 0.4) is 0 Å². The molecule has 11 heteroatoms. The van der Waals surface area contributed by atoms with E-state index in [0.717, 1.165) is 5.56 Å². The minimum Gasteiger partial charge on any atom is -0.398 e. The van der Waals surface area contributed by atoms with E-state index in [1.807, 2.05) is 49.5 Å². The second kappa shape index (κ2) is 14.5. The summed E-state index contributed by atoms with van der Waals surface area (Å²) in [7, 11) is -2.14. The lowest BCUT2D eigenvalue weighted by atomic mass is 9.67. The number of carbonyl (C=O) groups is 2. The van der Waals surface area contributed by atoms with Crippen LogP contribution in [0.15, 0.2) is 77.6 Å². The molecule has 1 heterocycles. The molecule has 1 aromatic heterocycles. The van der Waals surface area contributed by atoms with E-state index in [0.29, 0.717) is 17.7 Å². The maximum absolute atomic E-state index is 16.6. The maximum Gasteiger partial charge on any atom is 0.332 e. The number of amides is 2. The van der Waals surface area contributed by atoms with Crippen molar-refractivity contribution in [1.29, 1.82) is 0 Å². The lowest BCUT2D eigenvalue weighted by Crippen LogP contribution is -2.70. The Hall–Kier alpha value is -3.83. The number of benzene rings is 2. The van der Waals surface area contributed by atoms with Gasteiger partial charge in [-0.05, 0) is 48.2 Å². The van der Waals surface area contributed by atoms with Gasteiger partial charge in [0.05, 0.1) is 17.3 Å². The standard InChI is InChI=1S/C34H46F2N4O4Si/c1-23(2)34(44-45(6)7,30(32(3,4)5)33(35,36)31(43)38-21-20-24-14-10-8-11-15-24)39-28(41)22-40-27(19-18-26(37)29(40)42)25-16-12-9-13-17-25/h8-19,23,30,45H,20-22,37H2,1-7H3,(H,38,43)(H,39,41). The first-order chi connectivity index (χ1) is 21.0. The number of pyridine rings is 1. The van der Waals surface area contributed by atoms with Gasteiger partial charge in [-0.25, -0.2) is 0 Å². The van der Waals surface area contributed by atoms with Crippen LogP contribution in [0.2, 0.25) is 13.1 Å². The molecule has 3 rings (SSSR count). The number of aromatic nitrogens is 1. The molecule has 0 saturated carbocycles. The lowest BCUT2D eigenvalue weighted by Gasteiger charge is -2.52. The van der Waals surface area contributed by atoms with Crippen molar-refractivity contribution >= 4 is 26.5 Å². The molecule has 2 amide bonds. The third-order valence-corrected chi connectivity index (χ3v) is 8.56. The maximum atomic E-state index is 16.6. The summed E-state index contributed by atoms with van der Waals surface area (Å²) in [6.45, 7) is 11.3. The van der Waals surface area contributed by atoms with Gasteiger partial charge >= 0.3 is 5.92 Å². The molecule has 0 saturated heterocycles. The molecule has 8 nitrogen and oxygen atoms in total. The summed E-state index contributed by atoms with van der Waals surface area (Å²) in [4.78, 5) is 40.4. The highest BCUT2D eigenvalue weighted by Gasteiger charge is 2.64. The lowest BCUT2D eigenvalue weighted by molar-refractivity contribution is -0.210. The molecule has 0 aliphatic rings. The Kier molecular flexibility index (Phi) is 11.5. The number of nitrogens with zero attached hydrogens (tertiary/aromatic N) is 1. The summed E-state index contributed by atoms with van der Waals surface area (Å²) in [6.07, 6.45) is 0.378. The van der Waals surface area contributed by atoms with Gasteiger partial charge in [0.1, 0.15) is 12.3 Å².